The van der Waals surface area contributed by atoms with Crippen LogP contribution >= 0.6 is 11.3 Å². The molecule has 1 aromatic heterocycles. The second-order valence-corrected chi connectivity index (χ2v) is 3.41. The Balaban J connectivity index is 2.49. The van der Waals surface area contributed by atoms with E-state index < -0.39 is 5.97 Å². The van der Waals surface area contributed by atoms with Crippen LogP contribution in [0.1, 0.15) is 13.3 Å². The number of carboxylic acid groups (broad SMARTS) is 1. The molecular weight excluding hydrogens is 188 g/mol. The smallest absolute Gasteiger partial charge is 0.305 e. The maximum absolute atomic E-state index is 10.3. The Kier molecular flexibility index (Phi) is 3.70. The fourth-order valence-corrected chi connectivity index (χ4v) is 1.73. The molecular formula is C8H12N2O2S. The van der Waals surface area contributed by atoms with E-state index in [0.29, 0.717) is 6.54 Å². The Labute approximate surface area is 80.8 Å². The SMILES string of the molecule is CCN(CCC(=O)O)c1nccs1. The molecule has 0 fully saturated rings. The van der Waals surface area contributed by atoms with Gasteiger partial charge in [-0.3, -0.25) is 4.79 Å². The van der Waals surface area contributed by atoms with Gasteiger partial charge in [0.15, 0.2) is 5.13 Å². The van der Waals surface area contributed by atoms with E-state index in [2.05, 4.69) is 4.98 Å². The molecule has 1 heterocycles. The van der Waals surface area contributed by atoms with Gasteiger partial charge in [0.25, 0.3) is 0 Å². The van der Waals surface area contributed by atoms with Crippen molar-refractivity contribution in [3.05, 3.63) is 11.6 Å². The zero-order chi connectivity index (χ0) is 9.68. The van der Waals surface area contributed by atoms with Crippen molar-refractivity contribution in [1.29, 1.82) is 0 Å². The molecule has 0 saturated heterocycles. The molecule has 0 spiro atoms. The number of nitrogens with zero attached hydrogens (tertiary/aromatic N) is 2. The molecule has 72 valence electrons. The highest BCUT2D eigenvalue weighted by Crippen LogP contribution is 2.16. The van der Waals surface area contributed by atoms with Gasteiger partial charge in [-0.25, -0.2) is 4.98 Å². The minimum absolute atomic E-state index is 0.160. The number of anilines is 1. The lowest BCUT2D eigenvalue weighted by molar-refractivity contribution is -0.136. The number of aliphatic carboxylic acids is 1. The van der Waals surface area contributed by atoms with Crippen LogP contribution in [0.25, 0.3) is 0 Å². The molecule has 1 rings (SSSR count). The van der Waals surface area contributed by atoms with E-state index in [-0.39, 0.29) is 6.42 Å². The van der Waals surface area contributed by atoms with Gasteiger partial charge < -0.3 is 10.0 Å². The van der Waals surface area contributed by atoms with Crippen molar-refractivity contribution >= 4 is 22.4 Å². The van der Waals surface area contributed by atoms with Crippen LogP contribution in [0, 0.1) is 0 Å². The normalized spacial score (nSPS) is 9.92. The highest BCUT2D eigenvalue weighted by Gasteiger charge is 2.07. The van der Waals surface area contributed by atoms with Gasteiger partial charge in [0.1, 0.15) is 0 Å². The van der Waals surface area contributed by atoms with Crippen LogP contribution in [0.15, 0.2) is 11.6 Å². The number of hydrogen-bond donors (Lipinski definition) is 1. The highest BCUT2D eigenvalue weighted by molar-refractivity contribution is 7.13. The van der Waals surface area contributed by atoms with E-state index >= 15 is 0 Å². The molecule has 0 radical (unpaired) electrons. The molecule has 0 amide bonds. The third kappa shape index (κ3) is 3.02. The zero-order valence-corrected chi connectivity index (χ0v) is 8.25. The summed E-state index contributed by atoms with van der Waals surface area (Å²) < 4.78 is 0. The summed E-state index contributed by atoms with van der Waals surface area (Å²) in [5.41, 5.74) is 0. The van der Waals surface area contributed by atoms with E-state index in [4.69, 9.17) is 5.11 Å². The second-order valence-electron chi connectivity index (χ2n) is 2.54. The number of thiazole rings is 1. The molecule has 0 aromatic carbocycles. The van der Waals surface area contributed by atoms with Crippen molar-refractivity contribution < 1.29 is 9.90 Å². The summed E-state index contributed by atoms with van der Waals surface area (Å²) in [6, 6.07) is 0. The van der Waals surface area contributed by atoms with Crippen molar-refractivity contribution in [1.82, 2.24) is 4.98 Å². The average molecular weight is 200 g/mol. The summed E-state index contributed by atoms with van der Waals surface area (Å²) in [7, 11) is 0. The van der Waals surface area contributed by atoms with Crippen LogP contribution in [0.4, 0.5) is 5.13 Å². The largest absolute Gasteiger partial charge is 0.481 e. The van der Waals surface area contributed by atoms with Gasteiger partial charge >= 0.3 is 5.97 Å². The fourth-order valence-electron chi connectivity index (χ4n) is 0.992. The maximum atomic E-state index is 10.3. The summed E-state index contributed by atoms with van der Waals surface area (Å²) in [4.78, 5) is 16.4. The minimum Gasteiger partial charge on any atom is -0.481 e. The van der Waals surface area contributed by atoms with Crippen molar-refractivity contribution in [3.8, 4) is 0 Å². The molecule has 0 aliphatic heterocycles. The van der Waals surface area contributed by atoms with E-state index in [9.17, 15) is 4.79 Å². The number of carbonyl (C=O) groups is 1. The van der Waals surface area contributed by atoms with E-state index in [1.54, 1.807) is 6.20 Å². The first-order valence-corrected chi connectivity index (χ1v) is 4.98. The standard InChI is InChI=1S/C8H12N2O2S/c1-2-10(5-3-7(11)12)8-9-4-6-13-8/h4,6H,2-3,5H2,1H3,(H,11,12). The first-order chi connectivity index (χ1) is 6.24. The molecule has 0 saturated carbocycles. The predicted octanol–water partition coefficient (Wildman–Crippen LogP) is 1.44. The van der Waals surface area contributed by atoms with Crippen LogP contribution in [-0.2, 0) is 4.79 Å². The zero-order valence-electron chi connectivity index (χ0n) is 7.43. The Bertz CT molecular complexity index is 261. The lowest BCUT2D eigenvalue weighted by Gasteiger charge is -2.17. The number of hydrogen-bond acceptors (Lipinski definition) is 4. The van der Waals surface area contributed by atoms with Crippen LogP contribution in [0.2, 0.25) is 0 Å². The van der Waals surface area contributed by atoms with Gasteiger partial charge in [-0.05, 0) is 6.92 Å². The molecule has 5 heteroatoms. The van der Waals surface area contributed by atoms with E-state index in [0.717, 1.165) is 11.7 Å². The third-order valence-electron chi connectivity index (χ3n) is 1.67. The van der Waals surface area contributed by atoms with Crippen molar-refractivity contribution in [2.24, 2.45) is 0 Å². The molecule has 0 unspecified atom stereocenters. The lowest BCUT2D eigenvalue weighted by Crippen LogP contribution is -2.25. The van der Waals surface area contributed by atoms with Gasteiger partial charge in [0.05, 0.1) is 6.42 Å². The Hall–Kier alpha value is -1.10. The summed E-state index contributed by atoms with van der Waals surface area (Å²) in [6.07, 6.45) is 1.89. The van der Waals surface area contributed by atoms with E-state index in [1.165, 1.54) is 11.3 Å². The molecule has 1 aromatic rings. The topological polar surface area (TPSA) is 53.4 Å². The van der Waals surface area contributed by atoms with Gasteiger partial charge in [-0.2, -0.15) is 0 Å². The predicted molar refractivity (Wildman–Crippen MR) is 52.3 cm³/mol. The molecule has 0 atom stereocenters. The summed E-state index contributed by atoms with van der Waals surface area (Å²) in [6.45, 7) is 3.31. The fraction of sp³-hybridized carbons (Fsp3) is 0.500. The molecule has 0 aliphatic rings. The van der Waals surface area contributed by atoms with Crippen LogP contribution in [0.3, 0.4) is 0 Å². The van der Waals surface area contributed by atoms with Crippen molar-refractivity contribution in [2.75, 3.05) is 18.0 Å². The molecule has 13 heavy (non-hydrogen) atoms. The average Bonchev–Trinajstić information content (AvgIpc) is 2.58. The van der Waals surface area contributed by atoms with E-state index in [1.807, 2.05) is 17.2 Å². The van der Waals surface area contributed by atoms with Crippen LogP contribution in [-0.4, -0.2) is 29.1 Å². The summed E-state index contributed by atoms with van der Waals surface area (Å²) in [5.74, 6) is -0.769. The first kappa shape index (κ1) is 9.98. The molecule has 0 aliphatic carbocycles. The second kappa shape index (κ2) is 4.81. The summed E-state index contributed by atoms with van der Waals surface area (Å²) in [5, 5.41) is 11.3. The summed E-state index contributed by atoms with van der Waals surface area (Å²) >= 11 is 1.53. The number of carboxylic acids is 1. The monoisotopic (exact) mass is 200 g/mol. The highest BCUT2D eigenvalue weighted by atomic mass is 32.1. The van der Waals surface area contributed by atoms with Gasteiger partial charge in [-0.15, -0.1) is 11.3 Å². The Morgan fingerprint density at radius 1 is 1.77 bits per heavy atom. The molecule has 1 N–H and O–H groups in total. The van der Waals surface area contributed by atoms with Crippen molar-refractivity contribution in [3.63, 3.8) is 0 Å². The number of rotatable bonds is 5. The van der Waals surface area contributed by atoms with Crippen molar-refractivity contribution in [2.45, 2.75) is 13.3 Å². The molecule has 4 nitrogen and oxygen atoms in total. The first-order valence-electron chi connectivity index (χ1n) is 4.10. The quantitative estimate of drug-likeness (QED) is 0.781. The molecule has 0 bridgehead atoms. The van der Waals surface area contributed by atoms with Gasteiger partial charge in [0.2, 0.25) is 0 Å². The number of aromatic nitrogens is 1. The van der Waals surface area contributed by atoms with Gasteiger partial charge in [-0.1, -0.05) is 0 Å². The van der Waals surface area contributed by atoms with Crippen LogP contribution in [0.5, 0.6) is 0 Å². The Morgan fingerprint density at radius 3 is 3.00 bits per heavy atom. The maximum Gasteiger partial charge on any atom is 0.305 e. The third-order valence-corrected chi connectivity index (χ3v) is 2.50. The minimum atomic E-state index is -0.769. The van der Waals surface area contributed by atoms with Crippen LogP contribution < -0.4 is 4.90 Å². The van der Waals surface area contributed by atoms with Gasteiger partial charge in [0, 0.05) is 24.7 Å². The Morgan fingerprint density at radius 2 is 2.54 bits per heavy atom. The lowest BCUT2D eigenvalue weighted by atomic mass is 10.4.